The van der Waals surface area contributed by atoms with E-state index >= 15 is 0 Å². The summed E-state index contributed by atoms with van der Waals surface area (Å²) in [5.74, 6) is 0.111. The number of fused-ring (bicyclic) bond motifs is 1. The van der Waals surface area contributed by atoms with Gasteiger partial charge in [-0.2, -0.15) is 0 Å². The van der Waals surface area contributed by atoms with Gasteiger partial charge in [0, 0.05) is 30.8 Å². The minimum Gasteiger partial charge on any atom is -0.411 e. The van der Waals surface area contributed by atoms with E-state index in [0.717, 1.165) is 11.1 Å². The molecule has 0 spiro atoms. The van der Waals surface area contributed by atoms with E-state index in [2.05, 4.69) is 10.3 Å². The van der Waals surface area contributed by atoms with Gasteiger partial charge in [-0.25, -0.2) is 0 Å². The number of hydrogen-bond acceptors (Lipinski definition) is 5. The van der Waals surface area contributed by atoms with Crippen molar-refractivity contribution in [1.29, 1.82) is 0 Å². The van der Waals surface area contributed by atoms with E-state index in [1.54, 1.807) is 4.90 Å². The first-order chi connectivity index (χ1) is 10.2. The van der Waals surface area contributed by atoms with Crippen molar-refractivity contribution in [2.75, 3.05) is 13.1 Å². The van der Waals surface area contributed by atoms with Gasteiger partial charge in [0.2, 0.25) is 5.91 Å². The third-order valence-corrected chi connectivity index (χ3v) is 3.95. The van der Waals surface area contributed by atoms with Crippen LogP contribution in [0, 0.1) is 5.92 Å². The third kappa shape index (κ3) is 2.61. The monoisotopic (exact) mass is 287 g/mol. The average molecular weight is 287 g/mol. The molecule has 2 aromatic rings. The van der Waals surface area contributed by atoms with Gasteiger partial charge in [-0.1, -0.05) is 29.4 Å². The summed E-state index contributed by atoms with van der Waals surface area (Å²) in [4.78, 5) is 14.2. The predicted octanol–water partition coefficient (Wildman–Crippen LogP) is 2.07. The summed E-state index contributed by atoms with van der Waals surface area (Å²) >= 11 is 0. The molecule has 1 saturated heterocycles. The van der Waals surface area contributed by atoms with E-state index in [1.807, 2.05) is 31.2 Å². The highest BCUT2D eigenvalue weighted by molar-refractivity contribution is 5.90. The molecule has 1 atom stereocenters. The summed E-state index contributed by atoms with van der Waals surface area (Å²) < 4.78 is 5.22. The molecule has 2 heterocycles. The number of carbonyl (C=O) groups excluding carboxylic acids is 1. The molecule has 1 aromatic heterocycles. The predicted molar refractivity (Wildman–Crippen MR) is 77.3 cm³/mol. The number of amides is 1. The Morgan fingerprint density at radius 1 is 1.52 bits per heavy atom. The Hall–Kier alpha value is -2.37. The summed E-state index contributed by atoms with van der Waals surface area (Å²) in [5, 5.41) is 17.0. The van der Waals surface area contributed by atoms with E-state index in [0.29, 0.717) is 30.8 Å². The van der Waals surface area contributed by atoms with Gasteiger partial charge in [0.05, 0.1) is 12.1 Å². The van der Waals surface area contributed by atoms with Crippen LogP contribution in [0.15, 0.2) is 33.9 Å². The third-order valence-electron chi connectivity index (χ3n) is 3.95. The van der Waals surface area contributed by atoms with Crippen molar-refractivity contribution in [3.63, 3.8) is 0 Å². The van der Waals surface area contributed by atoms with Crippen molar-refractivity contribution in [2.45, 2.75) is 19.8 Å². The molecule has 0 saturated carbocycles. The zero-order valence-corrected chi connectivity index (χ0v) is 11.8. The molecular weight excluding hydrogens is 270 g/mol. The van der Waals surface area contributed by atoms with Gasteiger partial charge in [0.1, 0.15) is 5.69 Å². The molecular formula is C15H17N3O3. The minimum absolute atomic E-state index is 0.0258. The Kier molecular flexibility index (Phi) is 3.60. The molecule has 1 amide bonds. The summed E-state index contributed by atoms with van der Waals surface area (Å²) in [6, 6.07) is 7.52. The van der Waals surface area contributed by atoms with Gasteiger partial charge < -0.3 is 14.6 Å². The van der Waals surface area contributed by atoms with E-state index in [9.17, 15) is 4.79 Å². The fourth-order valence-corrected chi connectivity index (χ4v) is 2.72. The zero-order valence-electron chi connectivity index (χ0n) is 11.8. The van der Waals surface area contributed by atoms with Crippen LogP contribution in [0.2, 0.25) is 0 Å². The standard InChI is InChI=1S/C15H17N3O3/c1-10-9-18(7-6-12(10)16-20)15(19)8-13-11-4-2-3-5-14(11)21-17-13/h2-5,10,20H,6-9H2,1H3/b16-12+. The van der Waals surface area contributed by atoms with Gasteiger partial charge in [0.25, 0.3) is 0 Å². The number of hydrogen-bond donors (Lipinski definition) is 1. The number of oxime groups is 1. The van der Waals surface area contributed by atoms with Crippen LogP contribution in [0.4, 0.5) is 0 Å². The summed E-state index contributed by atoms with van der Waals surface area (Å²) in [6.07, 6.45) is 0.846. The fourth-order valence-electron chi connectivity index (χ4n) is 2.72. The summed E-state index contributed by atoms with van der Waals surface area (Å²) in [5.41, 5.74) is 2.12. The Labute approximate surface area is 122 Å². The Balaban J connectivity index is 1.72. The van der Waals surface area contributed by atoms with Gasteiger partial charge >= 0.3 is 0 Å². The Morgan fingerprint density at radius 3 is 3.10 bits per heavy atom. The second-order valence-electron chi connectivity index (χ2n) is 5.38. The van der Waals surface area contributed by atoms with Crippen molar-refractivity contribution in [1.82, 2.24) is 10.1 Å². The van der Waals surface area contributed by atoms with E-state index in [4.69, 9.17) is 9.73 Å². The van der Waals surface area contributed by atoms with Crippen LogP contribution in [0.3, 0.4) is 0 Å². The maximum Gasteiger partial charge on any atom is 0.228 e. The van der Waals surface area contributed by atoms with Crippen LogP contribution in [-0.2, 0) is 11.2 Å². The van der Waals surface area contributed by atoms with Crippen LogP contribution in [-0.4, -0.2) is 40.0 Å². The highest BCUT2D eigenvalue weighted by Gasteiger charge is 2.26. The number of carbonyl (C=O) groups is 1. The maximum atomic E-state index is 12.4. The first kappa shape index (κ1) is 13.6. The van der Waals surface area contributed by atoms with Crippen molar-refractivity contribution in [2.24, 2.45) is 11.1 Å². The molecule has 0 radical (unpaired) electrons. The van der Waals surface area contributed by atoms with E-state index in [1.165, 1.54) is 0 Å². The second kappa shape index (κ2) is 5.55. The largest absolute Gasteiger partial charge is 0.411 e. The Bertz CT molecular complexity index is 692. The number of likely N-dealkylation sites (tertiary alicyclic amines) is 1. The van der Waals surface area contributed by atoms with Gasteiger partial charge in [-0.15, -0.1) is 0 Å². The molecule has 0 bridgehead atoms. The van der Waals surface area contributed by atoms with Gasteiger partial charge in [0.15, 0.2) is 5.58 Å². The molecule has 1 aromatic carbocycles. The van der Waals surface area contributed by atoms with Crippen LogP contribution in [0.1, 0.15) is 19.0 Å². The summed E-state index contributed by atoms with van der Waals surface area (Å²) in [7, 11) is 0. The van der Waals surface area contributed by atoms with E-state index in [-0.39, 0.29) is 18.2 Å². The van der Waals surface area contributed by atoms with E-state index < -0.39 is 0 Å². The number of para-hydroxylation sites is 1. The van der Waals surface area contributed by atoms with Crippen LogP contribution >= 0.6 is 0 Å². The van der Waals surface area contributed by atoms with Crippen LogP contribution in [0.5, 0.6) is 0 Å². The molecule has 1 fully saturated rings. The first-order valence-corrected chi connectivity index (χ1v) is 7.01. The van der Waals surface area contributed by atoms with Crippen LogP contribution in [0.25, 0.3) is 11.0 Å². The highest BCUT2D eigenvalue weighted by Crippen LogP contribution is 2.20. The zero-order chi connectivity index (χ0) is 14.8. The number of aromatic nitrogens is 1. The minimum atomic E-state index is 0.0258. The lowest BCUT2D eigenvalue weighted by molar-refractivity contribution is -0.131. The van der Waals surface area contributed by atoms with Crippen LogP contribution < -0.4 is 0 Å². The number of benzene rings is 1. The lowest BCUT2D eigenvalue weighted by Crippen LogP contribution is -2.43. The molecule has 1 aliphatic rings. The van der Waals surface area contributed by atoms with Crippen molar-refractivity contribution in [3.05, 3.63) is 30.0 Å². The number of piperidine rings is 1. The molecule has 1 N–H and O–H groups in total. The smallest absolute Gasteiger partial charge is 0.228 e. The second-order valence-corrected chi connectivity index (χ2v) is 5.38. The number of rotatable bonds is 2. The Morgan fingerprint density at radius 2 is 2.33 bits per heavy atom. The SMILES string of the molecule is CC1CN(C(=O)Cc2noc3ccccc23)CC/C1=N\O. The molecule has 6 heteroatoms. The lowest BCUT2D eigenvalue weighted by atomic mass is 9.97. The van der Waals surface area contributed by atoms with Crippen molar-refractivity contribution in [3.8, 4) is 0 Å². The molecule has 110 valence electrons. The molecule has 1 aliphatic heterocycles. The van der Waals surface area contributed by atoms with Gasteiger partial charge in [-0.3, -0.25) is 4.79 Å². The first-order valence-electron chi connectivity index (χ1n) is 7.01. The molecule has 6 nitrogen and oxygen atoms in total. The average Bonchev–Trinajstić information content (AvgIpc) is 2.90. The van der Waals surface area contributed by atoms with Crippen molar-refractivity contribution < 1.29 is 14.5 Å². The quantitative estimate of drug-likeness (QED) is 0.677. The summed E-state index contributed by atoms with van der Waals surface area (Å²) in [6.45, 7) is 3.12. The normalized spacial score (nSPS) is 21.1. The molecule has 0 aliphatic carbocycles. The fraction of sp³-hybridized carbons (Fsp3) is 0.400. The molecule has 1 unspecified atom stereocenters. The van der Waals surface area contributed by atoms with Gasteiger partial charge in [-0.05, 0) is 12.1 Å². The maximum absolute atomic E-state index is 12.4. The topological polar surface area (TPSA) is 78.9 Å². The van der Waals surface area contributed by atoms with Crippen molar-refractivity contribution >= 4 is 22.6 Å². The highest BCUT2D eigenvalue weighted by atomic mass is 16.5. The molecule has 21 heavy (non-hydrogen) atoms. The number of nitrogens with zero attached hydrogens (tertiary/aromatic N) is 3. The molecule has 3 rings (SSSR count). The lowest BCUT2D eigenvalue weighted by Gasteiger charge is -2.31.